The second-order valence-electron chi connectivity index (χ2n) is 9.03. The third-order valence-electron chi connectivity index (χ3n) is 6.90. The van der Waals surface area contributed by atoms with Gasteiger partial charge in [0.1, 0.15) is 5.82 Å². The molecule has 1 saturated carbocycles. The van der Waals surface area contributed by atoms with E-state index < -0.39 is 6.10 Å². The van der Waals surface area contributed by atoms with Gasteiger partial charge in [-0.25, -0.2) is 4.39 Å². The SMILES string of the molecule is C[C@@H]1[C@@H](C)CCC[C@H]1NC(=O)[C@H](C)OC(=O)C1CCN(C(=O)c2ccc(F)cc2)CC1. The Hall–Kier alpha value is -2.44. The van der Waals surface area contributed by atoms with Crippen LogP contribution in [0.3, 0.4) is 0 Å². The monoisotopic (exact) mass is 432 g/mol. The number of rotatable bonds is 5. The Balaban J connectivity index is 1.45. The van der Waals surface area contributed by atoms with Crippen molar-refractivity contribution >= 4 is 17.8 Å². The molecule has 2 fully saturated rings. The highest BCUT2D eigenvalue weighted by Gasteiger charge is 2.33. The van der Waals surface area contributed by atoms with Crippen LogP contribution in [-0.4, -0.2) is 47.9 Å². The standard InChI is InChI=1S/C24H33FN2O4/c1-15-5-4-6-21(16(15)2)26-22(28)17(3)31-24(30)19-11-13-27(14-12-19)23(29)18-7-9-20(25)10-8-18/h7-10,15-17,19,21H,4-6,11-14H2,1-3H3,(H,26,28)/t15-,16+,17-,21+/m0/s1. The Bertz CT molecular complexity index is 789. The fourth-order valence-electron chi connectivity index (χ4n) is 4.50. The molecule has 1 saturated heterocycles. The number of ether oxygens (including phenoxy) is 1. The van der Waals surface area contributed by atoms with E-state index in [0.29, 0.717) is 43.3 Å². The molecule has 7 heteroatoms. The maximum Gasteiger partial charge on any atom is 0.309 e. The van der Waals surface area contributed by atoms with Crippen LogP contribution in [0, 0.1) is 23.6 Å². The van der Waals surface area contributed by atoms with Crippen LogP contribution >= 0.6 is 0 Å². The minimum absolute atomic E-state index is 0.123. The van der Waals surface area contributed by atoms with Crippen LogP contribution in [-0.2, 0) is 14.3 Å². The number of nitrogens with zero attached hydrogens (tertiary/aromatic N) is 1. The zero-order valence-electron chi connectivity index (χ0n) is 18.6. The molecule has 1 aromatic rings. The summed E-state index contributed by atoms with van der Waals surface area (Å²) < 4.78 is 18.5. The Labute approximate surface area is 183 Å². The summed E-state index contributed by atoms with van der Waals surface area (Å²) in [5.74, 6) is -0.548. The van der Waals surface area contributed by atoms with E-state index in [-0.39, 0.29) is 35.6 Å². The van der Waals surface area contributed by atoms with Gasteiger partial charge >= 0.3 is 5.97 Å². The van der Waals surface area contributed by atoms with Crippen LogP contribution in [0.15, 0.2) is 24.3 Å². The topological polar surface area (TPSA) is 75.7 Å². The Morgan fingerprint density at radius 3 is 2.35 bits per heavy atom. The fourth-order valence-corrected chi connectivity index (χ4v) is 4.50. The molecule has 0 spiro atoms. The molecular weight excluding hydrogens is 399 g/mol. The third kappa shape index (κ3) is 5.83. The van der Waals surface area contributed by atoms with Crippen molar-refractivity contribution in [2.75, 3.05) is 13.1 Å². The van der Waals surface area contributed by atoms with Gasteiger partial charge in [0.15, 0.2) is 6.10 Å². The summed E-state index contributed by atoms with van der Waals surface area (Å²) >= 11 is 0. The van der Waals surface area contributed by atoms with Crippen molar-refractivity contribution < 1.29 is 23.5 Å². The first kappa shape index (κ1) is 23.2. The van der Waals surface area contributed by atoms with Crippen LogP contribution in [0.25, 0.3) is 0 Å². The van der Waals surface area contributed by atoms with E-state index in [1.54, 1.807) is 11.8 Å². The molecule has 1 aromatic carbocycles. The molecule has 1 N–H and O–H groups in total. The molecule has 0 unspecified atom stereocenters. The molecule has 2 amide bonds. The lowest BCUT2D eigenvalue weighted by atomic mass is 9.78. The van der Waals surface area contributed by atoms with Crippen LogP contribution in [0.4, 0.5) is 4.39 Å². The number of esters is 1. The van der Waals surface area contributed by atoms with Gasteiger partial charge in [-0.05, 0) is 62.3 Å². The van der Waals surface area contributed by atoms with Crippen molar-refractivity contribution in [3.05, 3.63) is 35.6 Å². The summed E-state index contributed by atoms with van der Waals surface area (Å²) in [6.45, 7) is 6.82. The zero-order valence-corrected chi connectivity index (χ0v) is 18.6. The number of hydrogen-bond donors (Lipinski definition) is 1. The van der Waals surface area contributed by atoms with Crippen LogP contribution in [0.2, 0.25) is 0 Å². The first-order valence-corrected chi connectivity index (χ1v) is 11.3. The largest absolute Gasteiger partial charge is 0.452 e. The van der Waals surface area contributed by atoms with Crippen molar-refractivity contribution in [3.8, 4) is 0 Å². The number of hydrogen-bond acceptors (Lipinski definition) is 4. The van der Waals surface area contributed by atoms with Gasteiger partial charge in [-0.15, -0.1) is 0 Å². The molecule has 3 rings (SSSR count). The number of carbonyl (C=O) groups excluding carboxylic acids is 3. The highest BCUT2D eigenvalue weighted by Crippen LogP contribution is 2.29. The highest BCUT2D eigenvalue weighted by molar-refractivity contribution is 5.94. The third-order valence-corrected chi connectivity index (χ3v) is 6.90. The van der Waals surface area contributed by atoms with Gasteiger partial charge in [-0.3, -0.25) is 14.4 Å². The molecule has 1 heterocycles. The van der Waals surface area contributed by atoms with Gasteiger partial charge in [0, 0.05) is 24.7 Å². The molecule has 170 valence electrons. The summed E-state index contributed by atoms with van der Waals surface area (Å²) in [5, 5.41) is 3.06. The molecule has 0 aromatic heterocycles. The van der Waals surface area contributed by atoms with Crippen molar-refractivity contribution in [3.63, 3.8) is 0 Å². The number of benzene rings is 1. The Morgan fingerprint density at radius 2 is 1.71 bits per heavy atom. The number of carbonyl (C=O) groups is 3. The average Bonchev–Trinajstić information content (AvgIpc) is 2.77. The summed E-state index contributed by atoms with van der Waals surface area (Å²) in [5.41, 5.74) is 0.430. The molecule has 0 bridgehead atoms. The number of amides is 2. The van der Waals surface area contributed by atoms with Crippen LogP contribution in [0.5, 0.6) is 0 Å². The summed E-state index contributed by atoms with van der Waals surface area (Å²) in [7, 11) is 0. The molecule has 6 nitrogen and oxygen atoms in total. The smallest absolute Gasteiger partial charge is 0.309 e. The average molecular weight is 433 g/mol. The van der Waals surface area contributed by atoms with E-state index in [1.807, 2.05) is 0 Å². The zero-order chi connectivity index (χ0) is 22.5. The van der Waals surface area contributed by atoms with E-state index in [9.17, 15) is 18.8 Å². The van der Waals surface area contributed by atoms with Gasteiger partial charge in [-0.1, -0.05) is 26.7 Å². The minimum Gasteiger partial charge on any atom is -0.452 e. The van der Waals surface area contributed by atoms with Gasteiger partial charge in [-0.2, -0.15) is 0 Å². The van der Waals surface area contributed by atoms with Gasteiger partial charge in [0.25, 0.3) is 11.8 Å². The second-order valence-corrected chi connectivity index (χ2v) is 9.03. The maximum absolute atomic E-state index is 13.1. The normalized spacial score (nSPS) is 25.5. The quantitative estimate of drug-likeness (QED) is 0.722. The lowest BCUT2D eigenvalue weighted by molar-refractivity contribution is -0.160. The predicted octanol–water partition coefficient (Wildman–Crippen LogP) is 3.55. The lowest BCUT2D eigenvalue weighted by Crippen LogP contribution is -2.48. The number of piperidine rings is 1. The number of nitrogens with one attached hydrogen (secondary N) is 1. The number of halogens is 1. The van der Waals surface area contributed by atoms with E-state index in [0.717, 1.165) is 12.8 Å². The van der Waals surface area contributed by atoms with E-state index in [4.69, 9.17) is 4.74 Å². The maximum atomic E-state index is 13.1. The van der Waals surface area contributed by atoms with E-state index in [1.165, 1.54) is 30.7 Å². The summed E-state index contributed by atoms with van der Waals surface area (Å²) in [6, 6.07) is 5.58. The summed E-state index contributed by atoms with van der Waals surface area (Å²) in [6.07, 6.45) is 3.36. The molecule has 1 aliphatic carbocycles. The van der Waals surface area contributed by atoms with E-state index >= 15 is 0 Å². The summed E-state index contributed by atoms with van der Waals surface area (Å²) in [4.78, 5) is 39.3. The fraction of sp³-hybridized carbons (Fsp3) is 0.625. The first-order valence-electron chi connectivity index (χ1n) is 11.3. The van der Waals surface area contributed by atoms with Crippen LogP contribution < -0.4 is 5.32 Å². The Morgan fingerprint density at radius 1 is 1.06 bits per heavy atom. The first-order chi connectivity index (χ1) is 14.8. The molecule has 1 aliphatic heterocycles. The van der Waals surface area contributed by atoms with Crippen molar-refractivity contribution in [2.45, 2.75) is 65.0 Å². The molecular formula is C24H33FN2O4. The molecule has 0 radical (unpaired) electrons. The molecule has 31 heavy (non-hydrogen) atoms. The van der Waals surface area contributed by atoms with Crippen molar-refractivity contribution in [1.29, 1.82) is 0 Å². The molecule has 4 atom stereocenters. The van der Waals surface area contributed by atoms with Gasteiger partial charge in [0.05, 0.1) is 5.92 Å². The lowest BCUT2D eigenvalue weighted by Gasteiger charge is -2.35. The minimum atomic E-state index is -0.837. The van der Waals surface area contributed by atoms with Crippen molar-refractivity contribution in [2.24, 2.45) is 17.8 Å². The van der Waals surface area contributed by atoms with Gasteiger partial charge in [0.2, 0.25) is 0 Å². The van der Waals surface area contributed by atoms with E-state index in [2.05, 4.69) is 19.2 Å². The van der Waals surface area contributed by atoms with Crippen molar-refractivity contribution in [1.82, 2.24) is 10.2 Å². The predicted molar refractivity (Wildman–Crippen MR) is 115 cm³/mol. The highest BCUT2D eigenvalue weighted by atomic mass is 19.1. The number of likely N-dealkylation sites (tertiary alicyclic amines) is 1. The van der Waals surface area contributed by atoms with Crippen LogP contribution in [0.1, 0.15) is 63.2 Å². The molecule has 2 aliphatic rings. The Kier molecular flexibility index (Phi) is 7.68. The second kappa shape index (κ2) is 10.2. The van der Waals surface area contributed by atoms with Gasteiger partial charge < -0.3 is 15.0 Å².